The Bertz CT molecular complexity index is 745. The maximum atomic E-state index is 11.1. The normalized spacial score (nSPS) is 10.9. The Labute approximate surface area is 106 Å². The minimum atomic E-state index is -0.998. The summed E-state index contributed by atoms with van der Waals surface area (Å²) >= 11 is 1.60. The van der Waals surface area contributed by atoms with Gasteiger partial charge in [-0.25, -0.2) is 4.79 Å². The smallest absolute Gasteiger partial charge is 0.339 e. The average Bonchev–Trinajstić information content (AvgIpc) is 2.93. The number of fused-ring (bicyclic) bond motifs is 1. The Morgan fingerprint density at radius 1 is 1.33 bits per heavy atom. The zero-order valence-corrected chi connectivity index (χ0v) is 10.3. The van der Waals surface area contributed by atoms with Gasteiger partial charge in [0.2, 0.25) is 0 Å². The van der Waals surface area contributed by atoms with Gasteiger partial charge >= 0.3 is 5.97 Å². The molecule has 3 aromatic heterocycles. The summed E-state index contributed by atoms with van der Waals surface area (Å²) in [4.78, 5) is 13.2. The van der Waals surface area contributed by atoms with Gasteiger partial charge in [-0.15, -0.1) is 21.5 Å². The van der Waals surface area contributed by atoms with E-state index in [2.05, 4.69) is 10.2 Å². The molecule has 0 aliphatic heterocycles. The molecule has 0 aliphatic rings. The first-order valence-electron chi connectivity index (χ1n) is 5.30. The highest BCUT2D eigenvalue weighted by atomic mass is 32.1. The van der Waals surface area contributed by atoms with Gasteiger partial charge in [0.1, 0.15) is 5.56 Å². The highest BCUT2D eigenvalue weighted by Gasteiger charge is 2.15. The van der Waals surface area contributed by atoms with E-state index >= 15 is 0 Å². The van der Waals surface area contributed by atoms with Gasteiger partial charge in [0.25, 0.3) is 0 Å². The first-order valence-corrected chi connectivity index (χ1v) is 6.12. The van der Waals surface area contributed by atoms with Gasteiger partial charge in [0.05, 0.1) is 4.88 Å². The van der Waals surface area contributed by atoms with Crippen molar-refractivity contribution in [3.63, 3.8) is 0 Å². The zero-order chi connectivity index (χ0) is 12.7. The Hall–Kier alpha value is -2.21. The van der Waals surface area contributed by atoms with Gasteiger partial charge in [-0.2, -0.15) is 0 Å². The SMILES string of the molecule is Cc1ccc(-c2nnc3c(C(=O)O)cccn23)s1. The summed E-state index contributed by atoms with van der Waals surface area (Å²) in [5.41, 5.74) is 0.524. The van der Waals surface area contributed by atoms with Crippen molar-refractivity contribution in [1.29, 1.82) is 0 Å². The quantitative estimate of drug-likeness (QED) is 0.767. The second-order valence-electron chi connectivity index (χ2n) is 3.85. The van der Waals surface area contributed by atoms with Crippen LogP contribution in [0.5, 0.6) is 0 Å². The third kappa shape index (κ3) is 1.58. The fourth-order valence-corrected chi connectivity index (χ4v) is 2.66. The number of aromatic nitrogens is 3. The van der Waals surface area contributed by atoms with Crippen molar-refractivity contribution in [3.8, 4) is 10.7 Å². The molecule has 0 saturated carbocycles. The van der Waals surface area contributed by atoms with E-state index < -0.39 is 5.97 Å². The maximum Gasteiger partial charge on any atom is 0.339 e. The number of thiophene rings is 1. The minimum absolute atomic E-state index is 0.157. The molecule has 0 radical (unpaired) electrons. The van der Waals surface area contributed by atoms with Crippen molar-refractivity contribution in [2.45, 2.75) is 6.92 Å². The van der Waals surface area contributed by atoms with Gasteiger partial charge in [-0.05, 0) is 31.2 Å². The average molecular weight is 259 g/mol. The number of carbonyl (C=O) groups is 1. The molecule has 0 atom stereocenters. The van der Waals surface area contributed by atoms with E-state index in [1.54, 1.807) is 28.0 Å². The van der Waals surface area contributed by atoms with Crippen molar-refractivity contribution in [1.82, 2.24) is 14.6 Å². The van der Waals surface area contributed by atoms with E-state index in [1.807, 2.05) is 19.1 Å². The fraction of sp³-hybridized carbons (Fsp3) is 0.0833. The van der Waals surface area contributed by atoms with Crippen molar-refractivity contribution >= 4 is 23.0 Å². The molecule has 0 spiro atoms. The van der Waals surface area contributed by atoms with E-state index in [1.165, 1.54) is 10.9 Å². The Kier molecular flexibility index (Phi) is 2.38. The van der Waals surface area contributed by atoms with Crippen LogP contribution in [-0.4, -0.2) is 25.7 Å². The molecule has 3 rings (SSSR count). The summed E-state index contributed by atoms with van der Waals surface area (Å²) in [5.74, 6) is -0.326. The first kappa shape index (κ1) is 10.9. The van der Waals surface area contributed by atoms with Crippen molar-refractivity contribution in [2.75, 3.05) is 0 Å². The highest BCUT2D eigenvalue weighted by Crippen LogP contribution is 2.27. The van der Waals surface area contributed by atoms with Crippen LogP contribution in [0.1, 0.15) is 15.2 Å². The lowest BCUT2D eigenvalue weighted by Crippen LogP contribution is -2.00. The van der Waals surface area contributed by atoms with Crippen molar-refractivity contribution in [2.24, 2.45) is 0 Å². The molecule has 0 aliphatic carbocycles. The zero-order valence-electron chi connectivity index (χ0n) is 9.49. The molecule has 18 heavy (non-hydrogen) atoms. The Morgan fingerprint density at radius 3 is 2.83 bits per heavy atom. The molecule has 0 bridgehead atoms. The third-order valence-electron chi connectivity index (χ3n) is 2.63. The summed E-state index contributed by atoms with van der Waals surface area (Å²) in [7, 11) is 0. The molecule has 90 valence electrons. The number of hydrogen-bond acceptors (Lipinski definition) is 4. The van der Waals surface area contributed by atoms with Crippen molar-refractivity contribution in [3.05, 3.63) is 40.9 Å². The molecule has 0 fully saturated rings. The summed E-state index contributed by atoms with van der Waals surface area (Å²) in [6.07, 6.45) is 1.77. The van der Waals surface area contributed by atoms with Crippen LogP contribution < -0.4 is 0 Å². The van der Waals surface area contributed by atoms with Crippen LogP contribution in [0.2, 0.25) is 0 Å². The lowest BCUT2D eigenvalue weighted by molar-refractivity contribution is 0.0698. The molecule has 3 aromatic rings. The number of nitrogens with zero attached hydrogens (tertiary/aromatic N) is 3. The predicted molar refractivity (Wildman–Crippen MR) is 68.0 cm³/mol. The van der Waals surface area contributed by atoms with Crippen LogP contribution >= 0.6 is 11.3 Å². The van der Waals surface area contributed by atoms with E-state index in [4.69, 9.17) is 5.11 Å². The molecule has 1 N–H and O–H groups in total. The largest absolute Gasteiger partial charge is 0.478 e. The maximum absolute atomic E-state index is 11.1. The van der Waals surface area contributed by atoms with Crippen LogP contribution in [0.3, 0.4) is 0 Å². The van der Waals surface area contributed by atoms with Gasteiger partial charge in [-0.3, -0.25) is 4.40 Å². The number of carboxylic acid groups (broad SMARTS) is 1. The minimum Gasteiger partial charge on any atom is -0.478 e. The second kappa shape index (κ2) is 3.92. The predicted octanol–water partition coefficient (Wildman–Crippen LogP) is 2.46. The molecule has 0 amide bonds. The topological polar surface area (TPSA) is 67.5 Å². The molecular weight excluding hydrogens is 250 g/mol. The number of aryl methyl sites for hydroxylation is 1. The number of aromatic carboxylic acids is 1. The van der Waals surface area contributed by atoms with E-state index in [0.29, 0.717) is 11.5 Å². The standard InChI is InChI=1S/C12H9N3O2S/c1-7-4-5-9(18-7)11-14-13-10-8(12(16)17)3-2-6-15(10)11/h2-6H,1H3,(H,16,17). The fourth-order valence-electron chi connectivity index (χ4n) is 1.81. The monoisotopic (exact) mass is 259 g/mol. The van der Waals surface area contributed by atoms with Crippen LogP contribution in [0.15, 0.2) is 30.5 Å². The number of carboxylic acids is 1. The van der Waals surface area contributed by atoms with Crippen LogP contribution in [0.4, 0.5) is 0 Å². The molecule has 3 heterocycles. The van der Waals surface area contributed by atoms with Gasteiger partial charge in [-0.1, -0.05) is 0 Å². The second-order valence-corrected chi connectivity index (χ2v) is 5.14. The van der Waals surface area contributed by atoms with Gasteiger partial charge < -0.3 is 5.11 Å². The van der Waals surface area contributed by atoms with E-state index in [9.17, 15) is 4.79 Å². The molecule has 5 nitrogen and oxygen atoms in total. The molecule has 0 saturated heterocycles. The lowest BCUT2D eigenvalue weighted by Gasteiger charge is -1.99. The summed E-state index contributed by atoms with van der Waals surface area (Å²) in [6, 6.07) is 7.17. The Balaban J connectivity index is 2.27. The summed E-state index contributed by atoms with van der Waals surface area (Å²) < 4.78 is 1.70. The van der Waals surface area contributed by atoms with Crippen LogP contribution in [0, 0.1) is 6.92 Å². The Morgan fingerprint density at radius 2 is 2.17 bits per heavy atom. The molecular formula is C12H9N3O2S. The van der Waals surface area contributed by atoms with Crippen LogP contribution in [0.25, 0.3) is 16.3 Å². The number of pyridine rings is 1. The molecule has 0 unspecified atom stereocenters. The summed E-state index contributed by atoms with van der Waals surface area (Å²) in [6.45, 7) is 2.01. The van der Waals surface area contributed by atoms with Gasteiger partial charge in [0, 0.05) is 11.1 Å². The van der Waals surface area contributed by atoms with E-state index in [-0.39, 0.29) is 5.56 Å². The number of hydrogen-bond donors (Lipinski definition) is 1. The van der Waals surface area contributed by atoms with Crippen LogP contribution in [-0.2, 0) is 0 Å². The van der Waals surface area contributed by atoms with Gasteiger partial charge in [0.15, 0.2) is 11.5 Å². The summed E-state index contributed by atoms with van der Waals surface area (Å²) in [5, 5.41) is 17.1. The first-order chi connectivity index (χ1) is 8.66. The number of rotatable bonds is 2. The van der Waals surface area contributed by atoms with Crippen molar-refractivity contribution < 1.29 is 9.90 Å². The highest BCUT2D eigenvalue weighted by molar-refractivity contribution is 7.15. The molecule has 0 aromatic carbocycles. The van der Waals surface area contributed by atoms with E-state index in [0.717, 1.165) is 4.88 Å². The lowest BCUT2D eigenvalue weighted by atomic mass is 10.3. The third-order valence-corrected chi connectivity index (χ3v) is 3.62. The molecule has 6 heteroatoms.